The Morgan fingerprint density at radius 3 is 2.73 bits per heavy atom. The van der Waals surface area contributed by atoms with Gasteiger partial charge in [0.1, 0.15) is 0 Å². The van der Waals surface area contributed by atoms with Crippen molar-refractivity contribution in [2.45, 2.75) is 19.9 Å². The summed E-state index contributed by atoms with van der Waals surface area (Å²) in [5, 5.41) is 0. The Kier molecular flexibility index (Phi) is 3.23. The topological polar surface area (TPSA) is 21.7 Å². The third-order valence-corrected chi connectivity index (χ3v) is 2.68. The number of fused-ring (bicyclic) bond motifs is 1. The zero-order chi connectivity index (χ0) is 10.7. The van der Waals surface area contributed by atoms with Crippen LogP contribution in [0.5, 0.6) is 5.75 Å². The summed E-state index contributed by atoms with van der Waals surface area (Å²) in [5.74, 6) is 0.785. The fourth-order valence-corrected chi connectivity index (χ4v) is 1.82. The molecule has 1 aliphatic rings. The van der Waals surface area contributed by atoms with Crippen LogP contribution in [0.1, 0.15) is 25.5 Å². The highest BCUT2D eigenvalue weighted by Crippen LogP contribution is 2.35. The Bertz CT molecular complexity index is 323. The van der Waals surface area contributed by atoms with Crippen molar-refractivity contribution in [3.63, 3.8) is 0 Å². The molecule has 1 heterocycles. The second-order valence-corrected chi connectivity index (χ2v) is 3.45. The predicted molar refractivity (Wildman–Crippen MR) is 57.1 cm³/mol. The molecule has 0 spiro atoms. The maximum Gasteiger partial charge on any atom is 0.211 e. The molecule has 3 nitrogen and oxygen atoms in total. The average Bonchev–Trinajstić information content (AvgIpc) is 2.31. The van der Waals surface area contributed by atoms with E-state index in [0.29, 0.717) is 0 Å². The monoisotopic (exact) mass is 205 g/mol. The summed E-state index contributed by atoms with van der Waals surface area (Å²) >= 11 is 0. The molecule has 0 fully saturated rings. The van der Waals surface area contributed by atoms with Crippen molar-refractivity contribution in [2.24, 2.45) is 0 Å². The molecule has 15 heavy (non-hydrogen) atoms. The van der Waals surface area contributed by atoms with Crippen molar-refractivity contribution in [3.8, 4) is 5.75 Å². The van der Waals surface area contributed by atoms with Crippen LogP contribution in [0.4, 0.5) is 0 Å². The van der Waals surface area contributed by atoms with Gasteiger partial charge >= 0.3 is 0 Å². The lowest BCUT2D eigenvalue weighted by Gasteiger charge is -2.31. The zero-order valence-corrected chi connectivity index (χ0v) is 9.06. The minimum absolute atomic E-state index is 0.0740. The van der Waals surface area contributed by atoms with Crippen LogP contribution < -0.4 is 4.89 Å². The van der Waals surface area contributed by atoms with E-state index in [9.17, 15) is 0 Å². The molecule has 0 N–H and O–H groups in total. The quantitative estimate of drug-likeness (QED) is 0.707. The van der Waals surface area contributed by atoms with E-state index in [4.69, 9.17) is 9.78 Å². The van der Waals surface area contributed by atoms with Crippen LogP contribution in [0.25, 0.3) is 0 Å². The van der Waals surface area contributed by atoms with Gasteiger partial charge in [-0.25, -0.2) is 0 Å². The van der Waals surface area contributed by atoms with Crippen LogP contribution in [-0.4, -0.2) is 18.0 Å². The van der Waals surface area contributed by atoms with Gasteiger partial charge in [-0.05, 0) is 19.2 Å². The molecule has 2 radical (unpaired) electrons. The summed E-state index contributed by atoms with van der Waals surface area (Å²) in [4.78, 5) is 12.2. The van der Waals surface area contributed by atoms with Gasteiger partial charge in [0.25, 0.3) is 0 Å². The first-order valence-electron chi connectivity index (χ1n) is 5.28. The van der Waals surface area contributed by atoms with Gasteiger partial charge in [-0.2, -0.15) is 4.89 Å². The average molecular weight is 205 g/mol. The van der Waals surface area contributed by atoms with Gasteiger partial charge in [0.05, 0.1) is 6.04 Å². The minimum atomic E-state index is 0.0740. The van der Waals surface area contributed by atoms with Gasteiger partial charge in [0, 0.05) is 5.56 Å². The van der Waals surface area contributed by atoms with Crippen molar-refractivity contribution in [2.75, 3.05) is 13.1 Å². The van der Waals surface area contributed by atoms with E-state index in [-0.39, 0.29) is 6.04 Å². The molecule has 0 aromatic heterocycles. The van der Waals surface area contributed by atoms with Crippen molar-refractivity contribution in [1.29, 1.82) is 0 Å². The molecule has 0 saturated carbocycles. The standard InChI is InChI=1S/C12H15NO2/c1-3-13(4-2)11-9-14-15-12-8-6-5-7-10(11)12/h5-8,11H,3-4H2,1-2H3. The van der Waals surface area contributed by atoms with Crippen molar-refractivity contribution in [3.05, 3.63) is 36.4 Å². The second kappa shape index (κ2) is 4.64. The number of hydrogen-bond donors (Lipinski definition) is 0. The molecule has 2 rings (SSSR count). The normalized spacial score (nSPS) is 19.8. The number of benzene rings is 1. The molecule has 1 atom stereocenters. The van der Waals surface area contributed by atoms with Gasteiger partial charge in [-0.1, -0.05) is 32.0 Å². The Balaban J connectivity index is 2.28. The lowest BCUT2D eigenvalue weighted by Crippen LogP contribution is -2.32. The number of nitrogens with zero attached hydrogens (tertiary/aromatic N) is 1. The smallest absolute Gasteiger partial charge is 0.211 e. The maximum atomic E-state index is 5.06. The summed E-state index contributed by atoms with van der Waals surface area (Å²) in [7, 11) is 0. The molecule has 1 aromatic carbocycles. The van der Waals surface area contributed by atoms with E-state index < -0.39 is 0 Å². The fraction of sp³-hybridized carbons (Fsp3) is 0.417. The van der Waals surface area contributed by atoms with E-state index in [2.05, 4.69) is 25.4 Å². The Morgan fingerprint density at radius 2 is 2.00 bits per heavy atom. The highest BCUT2D eigenvalue weighted by atomic mass is 17.2. The molecule has 0 aliphatic carbocycles. The molecule has 0 amide bonds. The van der Waals surface area contributed by atoms with Crippen LogP contribution in [0.3, 0.4) is 0 Å². The second-order valence-electron chi connectivity index (χ2n) is 3.45. The largest absolute Gasteiger partial charge is 0.336 e. The summed E-state index contributed by atoms with van der Waals surface area (Å²) < 4.78 is 0. The molecule has 80 valence electrons. The number of para-hydroxylation sites is 1. The predicted octanol–water partition coefficient (Wildman–Crippen LogP) is 2.43. The van der Waals surface area contributed by atoms with E-state index in [0.717, 1.165) is 24.4 Å². The zero-order valence-electron chi connectivity index (χ0n) is 9.06. The molecule has 0 saturated heterocycles. The maximum absolute atomic E-state index is 5.06. The van der Waals surface area contributed by atoms with Crippen molar-refractivity contribution >= 4 is 0 Å². The molecule has 3 heteroatoms. The van der Waals surface area contributed by atoms with Gasteiger partial charge in [-0.15, -0.1) is 0 Å². The Labute approximate surface area is 90.5 Å². The first-order valence-corrected chi connectivity index (χ1v) is 5.28. The lowest BCUT2D eigenvalue weighted by atomic mass is 10.0. The van der Waals surface area contributed by atoms with Crippen molar-refractivity contribution < 1.29 is 9.78 Å². The summed E-state index contributed by atoms with van der Waals surface area (Å²) in [6, 6.07) is 7.98. The van der Waals surface area contributed by atoms with Gasteiger partial charge in [-0.3, -0.25) is 4.90 Å². The van der Waals surface area contributed by atoms with Crippen LogP contribution in [0.15, 0.2) is 24.3 Å². The van der Waals surface area contributed by atoms with E-state index >= 15 is 0 Å². The Morgan fingerprint density at radius 1 is 1.27 bits per heavy atom. The summed E-state index contributed by atoms with van der Waals surface area (Å²) in [5.41, 5.74) is 1.12. The first-order chi connectivity index (χ1) is 7.36. The number of rotatable bonds is 3. The number of likely N-dealkylation sites (N-methyl/N-ethyl adjacent to an activating group) is 1. The highest BCUT2D eigenvalue weighted by molar-refractivity contribution is 5.37. The Hall–Kier alpha value is -1.06. The SMILES string of the molecule is CCN(CC)C1[C]OOc2ccccc21. The molecular formula is C12H15NO2. The highest BCUT2D eigenvalue weighted by Gasteiger charge is 2.27. The van der Waals surface area contributed by atoms with Crippen LogP contribution in [-0.2, 0) is 4.89 Å². The van der Waals surface area contributed by atoms with Gasteiger partial charge < -0.3 is 4.89 Å². The number of hydrogen-bond acceptors (Lipinski definition) is 3. The molecule has 1 unspecified atom stereocenters. The third-order valence-electron chi connectivity index (χ3n) is 2.68. The van der Waals surface area contributed by atoms with E-state index in [1.54, 1.807) is 0 Å². The summed E-state index contributed by atoms with van der Waals surface area (Å²) in [6.45, 7) is 9.07. The van der Waals surface area contributed by atoms with Crippen LogP contribution >= 0.6 is 0 Å². The molecular weight excluding hydrogens is 190 g/mol. The summed E-state index contributed by atoms with van der Waals surface area (Å²) in [6.07, 6.45) is 0. The minimum Gasteiger partial charge on any atom is -0.336 e. The third kappa shape index (κ3) is 1.98. The molecule has 1 aromatic rings. The first kappa shape index (κ1) is 10.5. The molecule has 0 bridgehead atoms. The van der Waals surface area contributed by atoms with Gasteiger partial charge in [0.2, 0.25) is 6.61 Å². The molecule has 1 aliphatic heterocycles. The van der Waals surface area contributed by atoms with E-state index in [1.165, 1.54) is 0 Å². The fourth-order valence-electron chi connectivity index (χ4n) is 1.82. The van der Waals surface area contributed by atoms with Crippen molar-refractivity contribution in [1.82, 2.24) is 4.90 Å². The van der Waals surface area contributed by atoms with E-state index in [1.807, 2.05) is 24.3 Å². The lowest BCUT2D eigenvalue weighted by molar-refractivity contribution is -0.197. The van der Waals surface area contributed by atoms with Crippen LogP contribution in [0, 0.1) is 6.61 Å². The van der Waals surface area contributed by atoms with Crippen LogP contribution in [0.2, 0.25) is 0 Å². The van der Waals surface area contributed by atoms with Gasteiger partial charge in [0.15, 0.2) is 5.75 Å².